The maximum absolute atomic E-state index is 12.7. The minimum Gasteiger partial charge on any atom is -0.268 e. The molecule has 1 saturated heterocycles. The van der Waals surface area contributed by atoms with Crippen LogP contribution in [0.5, 0.6) is 0 Å². The number of halogens is 2. The Hall–Kier alpha value is -1.33. The number of carbonyl (C=O) groups is 1. The third-order valence-electron chi connectivity index (χ3n) is 3.42. The Morgan fingerprint density at radius 2 is 1.91 bits per heavy atom. The zero-order valence-electron chi connectivity index (χ0n) is 12.0. The number of thioether (sulfide) groups is 1. The molecule has 2 aromatic carbocycles. The second-order valence-corrected chi connectivity index (χ2v) is 7.49. The number of amides is 1. The van der Waals surface area contributed by atoms with Gasteiger partial charge in [-0.15, -0.1) is 0 Å². The highest BCUT2D eigenvalue weighted by Crippen LogP contribution is 2.39. The van der Waals surface area contributed by atoms with Gasteiger partial charge in [-0.25, -0.2) is 0 Å². The van der Waals surface area contributed by atoms with Crippen LogP contribution in [0.25, 0.3) is 6.08 Å². The third kappa shape index (κ3) is 3.31. The van der Waals surface area contributed by atoms with Gasteiger partial charge in [-0.3, -0.25) is 9.69 Å². The van der Waals surface area contributed by atoms with E-state index in [9.17, 15) is 4.79 Å². The molecule has 0 bridgehead atoms. The van der Waals surface area contributed by atoms with Crippen LogP contribution < -0.4 is 4.90 Å². The molecule has 1 aliphatic heterocycles. The topological polar surface area (TPSA) is 20.3 Å². The fourth-order valence-corrected chi connectivity index (χ4v) is 4.00. The normalized spacial score (nSPS) is 16.5. The number of anilines is 1. The van der Waals surface area contributed by atoms with Crippen molar-refractivity contribution < 1.29 is 4.79 Å². The fraction of sp³-hybridized carbons (Fsp3) is 0.0588. The lowest BCUT2D eigenvalue weighted by atomic mass is 10.1. The van der Waals surface area contributed by atoms with Crippen molar-refractivity contribution in [2.75, 3.05) is 4.90 Å². The van der Waals surface area contributed by atoms with Crippen molar-refractivity contribution in [2.45, 2.75) is 6.92 Å². The molecule has 2 nitrogen and oxygen atoms in total. The average molecular weight is 380 g/mol. The lowest BCUT2D eigenvalue weighted by Gasteiger charge is -2.16. The van der Waals surface area contributed by atoms with Crippen molar-refractivity contribution in [1.82, 2.24) is 0 Å². The van der Waals surface area contributed by atoms with Crippen molar-refractivity contribution in [3.8, 4) is 0 Å². The summed E-state index contributed by atoms with van der Waals surface area (Å²) in [5.41, 5.74) is 2.64. The van der Waals surface area contributed by atoms with Crippen LogP contribution in [0.1, 0.15) is 11.1 Å². The first-order valence-corrected chi connectivity index (χ1v) is 8.74. The Morgan fingerprint density at radius 3 is 2.61 bits per heavy atom. The summed E-state index contributed by atoms with van der Waals surface area (Å²) < 4.78 is 0.457. The molecular weight excluding hydrogens is 369 g/mol. The Labute approximate surface area is 154 Å². The molecule has 0 N–H and O–H groups in total. The third-order valence-corrected chi connectivity index (χ3v) is 5.26. The second kappa shape index (κ2) is 6.65. The predicted molar refractivity (Wildman–Crippen MR) is 103 cm³/mol. The number of thiocarbonyl (C=S) groups is 1. The molecule has 1 amide bonds. The molecule has 0 saturated carbocycles. The first-order valence-electron chi connectivity index (χ1n) is 6.76. The van der Waals surface area contributed by atoms with Crippen LogP contribution in [-0.4, -0.2) is 10.2 Å². The number of aryl methyl sites for hydroxylation is 1. The lowest BCUT2D eigenvalue weighted by Crippen LogP contribution is -2.27. The summed E-state index contributed by atoms with van der Waals surface area (Å²) in [5.74, 6) is -0.174. The van der Waals surface area contributed by atoms with E-state index in [4.69, 9.17) is 35.4 Å². The Kier molecular flexibility index (Phi) is 4.78. The minimum absolute atomic E-state index is 0.174. The molecule has 116 valence electrons. The molecule has 0 spiro atoms. The van der Waals surface area contributed by atoms with E-state index in [2.05, 4.69) is 0 Å². The van der Waals surface area contributed by atoms with Crippen LogP contribution in [0.3, 0.4) is 0 Å². The van der Waals surface area contributed by atoms with Crippen molar-refractivity contribution >= 4 is 69.2 Å². The molecule has 0 atom stereocenters. The van der Waals surface area contributed by atoms with E-state index >= 15 is 0 Å². The number of nitrogens with zero attached hydrogens (tertiary/aromatic N) is 1. The zero-order valence-corrected chi connectivity index (χ0v) is 15.2. The zero-order chi connectivity index (χ0) is 16.6. The highest BCUT2D eigenvalue weighted by atomic mass is 35.5. The molecule has 0 unspecified atom stereocenters. The van der Waals surface area contributed by atoms with Crippen LogP contribution in [0, 0.1) is 6.92 Å². The fourth-order valence-electron chi connectivity index (χ4n) is 2.23. The summed E-state index contributed by atoms with van der Waals surface area (Å²) in [5, 5.41) is 0.908. The van der Waals surface area contributed by atoms with Crippen molar-refractivity contribution in [1.29, 1.82) is 0 Å². The van der Waals surface area contributed by atoms with E-state index in [0.29, 0.717) is 25.0 Å². The summed E-state index contributed by atoms with van der Waals surface area (Å²) in [6, 6.07) is 12.9. The number of hydrogen-bond donors (Lipinski definition) is 0. The summed E-state index contributed by atoms with van der Waals surface area (Å²) in [6.07, 6.45) is 1.86. The molecule has 0 aromatic heterocycles. The highest BCUT2D eigenvalue weighted by molar-refractivity contribution is 8.27. The first-order chi connectivity index (χ1) is 11.0. The van der Waals surface area contributed by atoms with Gasteiger partial charge < -0.3 is 0 Å². The van der Waals surface area contributed by atoms with Crippen LogP contribution in [-0.2, 0) is 4.79 Å². The number of carbonyl (C=O) groups excluding carboxylic acids is 1. The second-order valence-electron chi connectivity index (χ2n) is 4.97. The maximum Gasteiger partial charge on any atom is 0.270 e. The van der Waals surface area contributed by atoms with Gasteiger partial charge in [0.15, 0.2) is 4.32 Å². The van der Waals surface area contributed by atoms with Gasteiger partial charge in [-0.1, -0.05) is 71.4 Å². The van der Waals surface area contributed by atoms with E-state index in [1.807, 2.05) is 37.3 Å². The summed E-state index contributed by atoms with van der Waals surface area (Å²) in [7, 11) is 0. The van der Waals surface area contributed by atoms with Gasteiger partial charge in [0.05, 0.1) is 15.6 Å². The van der Waals surface area contributed by atoms with Gasteiger partial charge in [-0.2, -0.15) is 0 Å². The van der Waals surface area contributed by atoms with E-state index in [1.54, 1.807) is 18.2 Å². The standard InChI is InChI=1S/C17H11Cl2NOS2/c1-10-4-2-3-5-11(10)8-15-16(21)20(17(22)23-15)14-7-6-12(18)9-13(14)19/h2-9H,1H3. The largest absolute Gasteiger partial charge is 0.270 e. The molecule has 0 radical (unpaired) electrons. The molecular formula is C17H11Cl2NOS2. The molecule has 23 heavy (non-hydrogen) atoms. The molecule has 3 rings (SSSR count). The smallest absolute Gasteiger partial charge is 0.268 e. The molecule has 1 fully saturated rings. The van der Waals surface area contributed by atoms with Crippen LogP contribution in [0.2, 0.25) is 10.0 Å². The van der Waals surface area contributed by atoms with Crippen molar-refractivity contribution in [3.05, 3.63) is 68.5 Å². The monoisotopic (exact) mass is 379 g/mol. The number of hydrogen-bond acceptors (Lipinski definition) is 3. The molecule has 6 heteroatoms. The Bertz CT molecular complexity index is 848. The van der Waals surface area contributed by atoms with E-state index in [1.165, 1.54) is 16.7 Å². The molecule has 1 heterocycles. The van der Waals surface area contributed by atoms with Gasteiger partial charge in [0.25, 0.3) is 5.91 Å². The van der Waals surface area contributed by atoms with Crippen LogP contribution in [0.4, 0.5) is 5.69 Å². The lowest BCUT2D eigenvalue weighted by molar-refractivity contribution is -0.113. The Balaban J connectivity index is 1.99. The average Bonchev–Trinajstić information content (AvgIpc) is 2.77. The maximum atomic E-state index is 12.7. The van der Waals surface area contributed by atoms with Gasteiger partial charge in [-0.05, 0) is 42.3 Å². The predicted octanol–water partition coefficient (Wildman–Crippen LogP) is 5.71. The first kappa shape index (κ1) is 16.5. The van der Waals surface area contributed by atoms with Gasteiger partial charge >= 0.3 is 0 Å². The quantitative estimate of drug-likeness (QED) is 0.492. The number of rotatable bonds is 2. The summed E-state index contributed by atoms with van der Waals surface area (Å²) >= 11 is 18.7. The molecule has 0 aliphatic carbocycles. The summed E-state index contributed by atoms with van der Waals surface area (Å²) in [4.78, 5) is 14.8. The number of benzene rings is 2. The van der Waals surface area contributed by atoms with E-state index < -0.39 is 0 Å². The van der Waals surface area contributed by atoms with E-state index in [0.717, 1.165) is 11.1 Å². The summed E-state index contributed by atoms with van der Waals surface area (Å²) in [6.45, 7) is 2.00. The van der Waals surface area contributed by atoms with Crippen molar-refractivity contribution in [2.24, 2.45) is 0 Å². The highest BCUT2D eigenvalue weighted by Gasteiger charge is 2.34. The van der Waals surface area contributed by atoms with Gasteiger partial charge in [0.1, 0.15) is 0 Å². The van der Waals surface area contributed by atoms with Crippen molar-refractivity contribution in [3.63, 3.8) is 0 Å². The van der Waals surface area contributed by atoms with Crippen LogP contribution >= 0.6 is 47.2 Å². The Morgan fingerprint density at radius 1 is 1.17 bits per heavy atom. The van der Waals surface area contributed by atoms with Gasteiger partial charge in [0, 0.05) is 5.02 Å². The molecule has 1 aliphatic rings. The van der Waals surface area contributed by atoms with E-state index in [-0.39, 0.29) is 5.91 Å². The molecule has 2 aromatic rings. The minimum atomic E-state index is -0.174. The van der Waals surface area contributed by atoms with Crippen LogP contribution in [0.15, 0.2) is 47.4 Å². The SMILES string of the molecule is Cc1ccccc1C=C1SC(=S)N(c2ccc(Cl)cc2Cl)C1=O. The van der Waals surface area contributed by atoms with Gasteiger partial charge in [0.2, 0.25) is 0 Å².